The van der Waals surface area contributed by atoms with E-state index in [1.807, 2.05) is 45.0 Å². The Morgan fingerprint density at radius 1 is 1.21 bits per heavy atom. The fourth-order valence-electron chi connectivity index (χ4n) is 4.61. The van der Waals surface area contributed by atoms with E-state index in [1.165, 1.54) is 0 Å². The number of hydrogen-bond acceptors (Lipinski definition) is 7. The number of rotatable bonds is 11. The van der Waals surface area contributed by atoms with Gasteiger partial charge in [0, 0.05) is 24.3 Å². The van der Waals surface area contributed by atoms with Crippen LogP contribution in [0.3, 0.4) is 0 Å². The van der Waals surface area contributed by atoms with Gasteiger partial charge < -0.3 is 24.4 Å². The predicted octanol–water partition coefficient (Wildman–Crippen LogP) is 3.50. The number of nitrogens with one attached hydrogen (secondary N) is 1. The lowest BCUT2D eigenvalue weighted by molar-refractivity contribution is -0.144. The lowest BCUT2D eigenvalue weighted by Crippen LogP contribution is -2.52. The van der Waals surface area contributed by atoms with Gasteiger partial charge in [0.1, 0.15) is 29.6 Å². The highest BCUT2D eigenvalue weighted by Crippen LogP contribution is 2.35. The molecule has 1 aliphatic rings. The molecule has 2 atom stereocenters. The van der Waals surface area contributed by atoms with Gasteiger partial charge in [0.25, 0.3) is 0 Å². The van der Waals surface area contributed by atoms with Gasteiger partial charge in [-0.25, -0.2) is 4.68 Å². The summed E-state index contributed by atoms with van der Waals surface area (Å²) in [6.07, 6.45) is 2.24. The molecule has 0 aliphatic carbocycles. The lowest BCUT2D eigenvalue weighted by Gasteiger charge is -2.36. The van der Waals surface area contributed by atoms with Crippen molar-refractivity contribution in [3.8, 4) is 11.5 Å². The molecule has 2 aromatic carbocycles. The van der Waals surface area contributed by atoms with E-state index in [4.69, 9.17) is 14.2 Å². The van der Waals surface area contributed by atoms with Gasteiger partial charge in [-0.2, -0.15) is 0 Å². The molecular weight excluding hydrogens is 486 g/mol. The molecule has 1 N–H and O–H groups in total. The van der Waals surface area contributed by atoms with Crippen molar-refractivity contribution in [3.63, 3.8) is 0 Å². The van der Waals surface area contributed by atoms with Crippen LogP contribution in [0.4, 0.5) is 0 Å². The summed E-state index contributed by atoms with van der Waals surface area (Å²) in [5, 5.41) is 11.5. The molecule has 2 amide bonds. The first-order valence-corrected chi connectivity index (χ1v) is 13.0. The van der Waals surface area contributed by atoms with Gasteiger partial charge in [0.15, 0.2) is 0 Å². The van der Waals surface area contributed by atoms with Crippen LogP contribution in [0.2, 0.25) is 0 Å². The van der Waals surface area contributed by atoms with Crippen LogP contribution in [0.15, 0.2) is 42.5 Å². The maximum atomic E-state index is 14.1. The summed E-state index contributed by atoms with van der Waals surface area (Å²) in [6, 6.07) is 11.7. The first kappa shape index (κ1) is 27.4. The molecule has 1 fully saturated rings. The number of methoxy groups -OCH3 is 2. The van der Waals surface area contributed by atoms with Crippen molar-refractivity contribution in [2.24, 2.45) is 0 Å². The number of carbonyl (C=O) groups is 2. The van der Waals surface area contributed by atoms with Crippen molar-refractivity contribution in [2.45, 2.75) is 64.3 Å². The molecule has 0 spiro atoms. The van der Waals surface area contributed by atoms with Crippen molar-refractivity contribution >= 4 is 22.8 Å². The largest absolute Gasteiger partial charge is 0.497 e. The SMILES string of the molecule is CCC(C)(C)NC(=O)C(c1cc(OC)ccc1OC)N(CC1CCCO1)C(=O)Cn1nnc2ccccc21. The van der Waals surface area contributed by atoms with Crippen LogP contribution >= 0.6 is 0 Å². The Bertz CT molecular complexity index is 1270. The minimum Gasteiger partial charge on any atom is -0.497 e. The maximum Gasteiger partial charge on any atom is 0.248 e. The number of fused-ring (bicyclic) bond motifs is 1. The molecule has 1 aromatic heterocycles. The van der Waals surface area contributed by atoms with E-state index in [9.17, 15) is 9.59 Å². The molecule has 38 heavy (non-hydrogen) atoms. The second-order valence-electron chi connectivity index (χ2n) is 10.2. The smallest absolute Gasteiger partial charge is 0.248 e. The van der Waals surface area contributed by atoms with E-state index < -0.39 is 11.6 Å². The van der Waals surface area contributed by atoms with Crippen molar-refractivity contribution in [1.82, 2.24) is 25.2 Å². The number of ether oxygens (including phenoxy) is 3. The second kappa shape index (κ2) is 11.8. The average Bonchev–Trinajstić information content (AvgIpc) is 3.58. The number of amides is 2. The van der Waals surface area contributed by atoms with Gasteiger partial charge in [0.05, 0.1) is 25.8 Å². The van der Waals surface area contributed by atoms with Crippen LogP contribution in [0.25, 0.3) is 11.0 Å². The summed E-state index contributed by atoms with van der Waals surface area (Å²) in [5.41, 5.74) is 1.48. The fraction of sp³-hybridized carbons (Fsp3) is 0.500. The van der Waals surface area contributed by atoms with Gasteiger partial charge in [-0.1, -0.05) is 24.3 Å². The van der Waals surface area contributed by atoms with E-state index in [0.717, 1.165) is 18.4 Å². The molecule has 0 saturated carbocycles. The van der Waals surface area contributed by atoms with Crippen molar-refractivity contribution in [2.75, 3.05) is 27.4 Å². The molecule has 2 unspecified atom stereocenters. The Kier molecular flexibility index (Phi) is 8.51. The third-order valence-corrected chi connectivity index (χ3v) is 7.09. The third kappa shape index (κ3) is 6.07. The molecule has 0 radical (unpaired) electrons. The average molecular weight is 524 g/mol. The zero-order valence-electron chi connectivity index (χ0n) is 22.8. The van der Waals surface area contributed by atoms with Gasteiger partial charge >= 0.3 is 0 Å². The number of para-hydroxylation sites is 1. The van der Waals surface area contributed by atoms with E-state index in [2.05, 4.69) is 15.6 Å². The van der Waals surface area contributed by atoms with E-state index in [1.54, 1.807) is 42.0 Å². The summed E-state index contributed by atoms with van der Waals surface area (Å²) in [7, 11) is 3.11. The molecule has 0 bridgehead atoms. The highest BCUT2D eigenvalue weighted by Gasteiger charge is 2.38. The predicted molar refractivity (Wildman–Crippen MR) is 143 cm³/mol. The molecular formula is C28H37N5O5. The van der Waals surface area contributed by atoms with E-state index in [-0.39, 0.29) is 31.0 Å². The second-order valence-corrected chi connectivity index (χ2v) is 10.2. The summed E-state index contributed by atoms with van der Waals surface area (Å²) in [6.45, 7) is 6.71. The molecule has 10 nitrogen and oxygen atoms in total. The summed E-state index contributed by atoms with van der Waals surface area (Å²) in [5.74, 6) is 0.449. The monoisotopic (exact) mass is 523 g/mol. The molecule has 1 saturated heterocycles. The molecule has 3 aromatic rings. The van der Waals surface area contributed by atoms with Gasteiger partial charge in [-0.15, -0.1) is 5.10 Å². The summed E-state index contributed by atoms with van der Waals surface area (Å²) >= 11 is 0. The van der Waals surface area contributed by atoms with Crippen LogP contribution in [0.5, 0.6) is 11.5 Å². The van der Waals surface area contributed by atoms with Gasteiger partial charge in [0.2, 0.25) is 11.8 Å². The maximum absolute atomic E-state index is 14.1. The Morgan fingerprint density at radius 2 is 2.00 bits per heavy atom. The fourth-order valence-corrected chi connectivity index (χ4v) is 4.61. The van der Waals surface area contributed by atoms with Crippen LogP contribution in [0, 0.1) is 0 Å². The number of nitrogens with zero attached hydrogens (tertiary/aromatic N) is 4. The third-order valence-electron chi connectivity index (χ3n) is 7.09. The summed E-state index contributed by atoms with van der Waals surface area (Å²) in [4.78, 5) is 29.7. The molecule has 4 rings (SSSR count). The van der Waals surface area contributed by atoms with Crippen LogP contribution in [-0.2, 0) is 20.9 Å². The van der Waals surface area contributed by atoms with Crippen LogP contribution in [-0.4, -0.2) is 70.7 Å². The minimum absolute atomic E-state index is 0.0829. The van der Waals surface area contributed by atoms with E-state index >= 15 is 0 Å². The van der Waals surface area contributed by atoms with Crippen molar-refractivity contribution in [1.29, 1.82) is 0 Å². The lowest BCUT2D eigenvalue weighted by atomic mass is 9.97. The molecule has 10 heteroatoms. The number of hydrogen-bond donors (Lipinski definition) is 1. The first-order valence-electron chi connectivity index (χ1n) is 13.0. The zero-order chi connectivity index (χ0) is 27.3. The van der Waals surface area contributed by atoms with E-state index in [0.29, 0.717) is 35.6 Å². The quantitative estimate of drug-likeness (QED) is 0.410. The number of benzene rings is 2. The highest BCUT2D eigenvalue weighted by molar-refractivity contribution is 5.90. The van der Waals surface area contributed by atoms with Gasteiger partial charge in [-0.05, 0) is 63.4 Å². The Labute approximate surface area is 223 Å². The van der Waals surface area contributed by atoms with Crippen molar-refractivity contribution in [3.05, 3.63) is 48.0 Å². The molecule has 204 valence electrons. The molecule has 1 aliphatic heterocycles. The Morgan fingerprint density at radius 3 is 2.68 bits per heavy atom. The van der Waals surface area contributed by atoms with Gasteiger partial charge in [-0.3, -0.25) is 9.59 Å². The number of aromatic nitrogens is 3. The number of carbonyl (C=O) groups excluding carboxylic acids is 2. The Hall–Kier alpha value is -3.66. The first-order chi connectivity index (χ1) is 18.3. The minimum atomic E-state index is -0.989. The summed E-state index contributed by atoms with van der Waals surface area (Å²) < 4.78 is 18.6. The van der Waals surface area contributed by atoms with Crippen molar-refractivity contribution < 1.29 is 23.8 Å². The topological polar surface area (TPSA) is 108 Å². The molecule has 2 heterocycles. The zero-order valence-corrected chi connectivity index (χ0v) is 22.8. The van der Waals surface area contributed by atoms with Crippen LogP contribution in [0.1, 0.15) is 51.6 Å². The highest BCUT2D eigenvalue weighted by atomic mass is 16.5. The standard InChI is InChI=1S/C28H37N5O5/c1-6-28(2,3)29-27(35)26(21-16-19(36-4)13-14-24(21)37-5)32(17-20-10-9-15-38-20)25(34)18-33-23-12-8-7-11-22(23)30-31-33/h7-8,11-14,16,20,26H,6,9-10,15,17-18H2,1-5H3,(H,29,35). The van der Waals surface area contributed by atoms with Crippen LogP contribution < -0.4 is 14.8 Å². The normalized spacial score (nSPS) is 16.3. The Balaban J connectivity index is 1.79.